The fourth-order valence-electron chi connectivity index (χ4n) is 18.8. The van der Waals surface area contributed by atoms with E-state index in [4.69, 9.17) is 66.3 Å². The summed E-state index contributed by atoms with van der Waals surface area (Å²) in [5.41, 5.74) is -3.42. The van der Waals surface area contributed by atoms with Crippen LogP contribution in [0.1, 0.15) is 72.6 Å². The van der Waals surface area contributed by atoms with E-state index in [2.05, 4.69) is 13.8 Å². The lowest BCUT2D eigenvalue weighted by Gasteiger charge is -2.66. The molecule has 566 valence electrons. The van der Waals surface area contributed by atoms with Gasteiger partial charge in [-0.3, -0.25) is 0 Å². The predicted molar refractivity (Wildman–Crippen MR) is 313 cm³/mol. The van der Waals surface area contributed by atoms with Gasteiger partial charge in [0.2, 0.25) is 0 Å². The Morgan fingerprint density at radius 1 is 0.439 bits per heavy atom. The first-order chi connectivity index (χ1) is 46.3. The molecule has 12 rings (SSSR count). The fourth-order valence-corrected chi connectivity index (χ4v) is 18.8. The first-order valence-electron chi connectivity index (χ1n) is 34.1. The van der Waals surface area contributed by atoms with Crippen LogP contribution in [0.15, 0.2) is 0 Å². The summed E-state index contributed by atoms with van der Waals surface area (Å²) in [7, 11) is 0. The van der Waals surface area contributed by atoms with Crippen molar-refractivity contribution in [3.8, 4) is 0 Å². The van der Waals surface area contributed by atoms with E-state index >= 15 is 0 Å². The molecule has 0 bridgehead atoms. The lowest BCUT2D eigenvalue weighted by atomic mass is 9.42. The van der Waals surface area contributed by atoms with Crippen molar-refractivity contribution in [2.45, 2.75) is 293 Å². The van der Waals surface area contributed by atoms with E-state index in [9.17, 15) is 112 Å². The molecular formula is C62H102O36. The van der Waals surface area contributed by atoms with Gasteiger partial charge in [0.25, 0.3) is 0 Å². The molecule has 36 nitrogen and oxygen atoms in total. The van der Waals surface area contributed by atoms with Crippen LogP contribution in [-0.4, -0.2) is 379 Å². The summed E-state index contributed by atoms with van der Waals surface area (Å²) in [4.78, 5) is 0. The number of fused-ring (bicyclic) bond motifs is 7. The first kappa shape index (κ1) is 76.2. The van der Waals surface area contributed by atoms with Gasteiger partial charge in [-0.05, 0) is 61.2 Å². The van der Waals surface area contributed by atoms with Crippen molar-refractivity contribution in [3.63, 3.8) is 0 Å². The molecule has 8 aliphatic heterocycles. The van der Waals surface area contributed by atoms with Gasteiger partial charge in [0.05, 0.1) is 82.4 Å². The van der Waals surface area contributed by atoms with Gasteiger partial charge in [0.1, 0.15) is 140 Å². The average molecular weight is 1420 g/mol. The lowest BCUT2D eigenvalue weighted by Crippen LogP contribution is -2.71. The van der Waals surface area contributed by atoms with Gasteiger partial charge in [-0.1, -0.05) is 27.7 Å². The molecule has 8 heterocycles. The largest absolute Gasteiger partial charge is 0.394 e. The molecule has 36 heteroatoms. The van der Waals surface area contributed by atoms with E-state index in [1.165, 1.54) is 0 Å². The maximum absolute atomic E-state index is 13.0. The van der Waals surface area contributed by atoms with Crippen LogP contribution in [0.2, 0.25) is 0 Å². The Balaban J connectivity index is 0.691. The molecule has 2 unspecified atom stereocenters. The molecular weight excluding hydrogens is 1320 g/mol. The molecule has 12 aliphatic rings. The Morgan fingerprint density at radius 3 is 1.56 bits per heavy atom. The van der Waals surface area contributed by atoms with E-state index in [0.717, 1.165) is 0 Å². The maximum Gasteiger partial charge on any atom is 0.187 e. The molecule has 44 atom stereocenters. The van der Waals surface area contributed by atoms with Crippen LogP contribution in [0.5, 0.6) is 0 Å². The normalized spacial score (nSPS) is 58.2. The van der Waals surface area contributed by atoms with Crippen molar-refractivity contribution in [2.24, 2.45) is 46.3 Å². The van der Waals surface area contributed by atoms with Gasteiger partial charge in [-0.15, -0.1) is 0 Å². The standard InChI is InChI=1S/C62H102O36/c1-19-16-87-62(11-27(19)88-55-46(80)42(76)39(73)33(94-55)18-86-53-45(79)40(74)37(71)29(12-63)90-53)20(2)35-26(98-62)8-23-21-7-34(69)61(84)10-28(24(67)9-60(61,4)22(21)5-6-59(23,35)3)89-56-48(82)43(77)50(31(14-65)92-56)96-58-52(97-57-47(81)41(75)38(72)30(13-64)91-57)49(83)51(32(15-66)93-58)95-54-44(78)36(70)25(68)17-85-54/h19-58,63-84H,5-18H2,1-4H3/t19?,20-,21+,22-,23-,24+,25+,26-,27?,28+,29+,30+,31+,32+,33+,34+,35-,36-,37+,38+,39+,40-,41-,42-,43+,44+,45+,46+,47+,48+,49-,50-,51+,52+,53+,54-,55+,56+,57-,58-,59-,60+,61-,62+/m0/s1. The summed E-state index contributed by atoms with van der Waals surface area (Å²) in [6.45, 7) is 3.51. The topological polar surface area (TPSA) is 574 Å². The summed E-state index contributed by atoms with van der Waals surface area (Å²) in [5, 5.41) is 241. The van der Waals surface area contributed by atoms with Crippen LogP contribution in [0, 0.1) is 46.3 Å². The van der Waals surface area contributed by atoms with Crippen LogP contribution < -0.4 is 0 Å². The summed E-state index contributed by atoms with van der Waals surface area (Å²) >= 11 is 0. The molecule has 98 heavy (non-hydrogen) atoms. The molecule has 0 radical (unpaired) electrons. The number of aliphatic hydroxyl groups excluding tert-OH is 21. The monoisotopic (exact) mass is 1420 g/mol. The third-order valence-electron chi connectivity index (χ3n) is 24.6. The van der Waals surface area contributed by atoms with Gasteiger partial charge >= 0.3 is 0 Å². The SMILES string of the molecule is CC1CO[C@]2(CC1O[C@@H]1O[C@H](CO[C@@H]3O[C@H](CO)[C@@H](O)[C@H](O)[C@H]3O)[C@@H](O)[C@H](O)[C@H]1O)O[C@H]1C[C@H]3[C@@H]4C[C@@H](O)[C@@]5(O)C[C@@H](O[C@@H]6O[C@H](CO)[C@H](O[C@@H]7O[C@H](CO)[C@@H](O[C@@H]8OC[C@@H](O)[C@H](O)[C@H]8O)[C@H](O)[C@H]7O[C@@H]7O[C@H](CO)[C@@H](O)[C@H](O)[C@H]7O)[C@H](O)[C@H]6O)[C@H](O)C[C@]5(C)[C@H]4CC[C@]3(C)[C@H]1[C@@H]2C. The molecule has 0 aromatic heterocycles. The number of hydrogen-bond acceptors (Lipinski definition) is 36. The number of rotatable bonds is 17. The molecule has 1 spiro atoms. The van der Waals surface area contributed by atoms with Crippen LogP contribution >= 0.6 is 0 Å². The third kappa shape index (κ3) is 13.1. The van der Waals surface area contributed by atoms with Gasteiger partial charge in [-0.25, -0.2) is 0 Å². The Kier molecular flexibility index (Phi) is 22.8. The molecule has 12 fully saturated rings. The van der Waals surface area contributed by atoms with Crippen LogP contribution in [0.4, 0.5) is 0 Å². The number of aliphatic hydroxyl groups is 22. The first-order valence-corrected chi connectivity index (χ1v) is 34.1. The maximum atomic E-state index is 13.0. The lowest BCUT2D eigenvalue weighted by molar-refractivity contribution is -0.402. The fraction of sp³-hybridized carbons (Fsp3) is 1.00. The smallest absolute Gasteiger partial charge is 0.187 e. The minimum atomic E-state index is -2.11. The zero-order valence-electron chi connectivity index (χ0n) is 54.5. The van der Waals surface area contributed by atoms with Crippen molar-refractivity contribution < 1.29 is 179 Å². The van der Waals surface area contributed by atoms with Crippen molar-refractivity contribution in [2.75, 3.05) is 46.2 Å². The highest BCUT2D eigenvalue weighted by molar-refractivity contribution is 5.21. The summed E-state index contributed by atoms with van der Waals surface area (Å²) in [5.74, 6) is -2.24. The van der Waals surface area contributed by atoms with Crippen LogP contribution in [0.3, 0.4) is 0 Å². The van der Waals surface area contributed by atoms with Crippen LogP contribution in [0.25, 0.3) is 0 Å². The summed E-state index contributed by atoms with van der Waals surface area (Å²) in [6, 6.07) is 0. The van der Waals surface area contributed by atoms with Gasteiger partial charge in [0, 0.05) is 30.1 Å². The highest BCUT2D eigenvalue weighted by Gasteiger charge is 2.74. The van der Waals surface area contributed by atoms with E-state index in [1.54, 1.807) is 0 Å². The zero-order valence-corrected chi connectivity index (χ0v) is 54.5. The van der Waals surface area contributed by atoms with Crippen molar-refractivity contribution in [3.05, 3.63) is 0 Å². The molecule has 0 aromatic carbocycles. The number of ether oxygens (including phenoxy) is 14. The minimum absolute atomic E-state index is 0.0384. The summed E-state index contributed by atoms with van der Waals surface area (Å²) < 4.78 is 84.3. The molecule has 0 amide bonds. The second-order valence-electron chi connectivity index (χ2n) is 30.1. The Morgan fingerprint density at radius 2 is 0.939 bits per heavy atom. The predicted octanol–water partition coefficient (Wildman–Crippen LogP) is -10.6. The molecule has 4 saturated carbocycles. The summed E-state index contributed by atoms with van der Waals surface area (Å²) in [6.07, 6.45) is -55.2. The van der Waals surface area contributed by atoms with E-state index in [0.29, 0.717) is 19.3 Å². The molecule has 4 aliphatic carbocycles. The van der Waals surface area contributed by atoms with Crippen LogP contribution in [-0.2, 0) is 66.3 Å². The van der Waals surface area contributed by atoms with Crippen molar-refractivity contribution >= 4 is 0 Å². The molecule has 8 saturated heterocycles. The number of hydrogen-bond donors (Lipinski definition) is 22. The quantitative estimate of drug-likeness (QED) is 0.0601. The van der Waals surface area contributed by atoms with E-state index in [-0.39, 0.29) is 79.3 Å². The van der Waals surface area contributed by atoms with E-state index in [1.807, 2.05) is 13.8 Å². The highest BCUT2D eigenvalue weighted by Crippen LogP contribution is 2.72. The van der Waals surface area contributed by atoms with Gasteiger partial charge in [0.15, 0.2) is 43.5 Å². The van der Waals surface area contributed by atoms with Gasteiger partial charge < -0.3 is 179 Å². The second-order valence-corrected chi connectivity index (χ2v) is 30.1. The van der Waals surface area contributed by atoms with E-state index < -0.39 is 259 Å². The Labute approximate surface area is 562 Å². The van der Waals surface area contributed by atoms with Crippen molar-refractivity contribution in [1.29, 1.82) is 0 Å². The molecule has 22 N–H and O–H groups in total. The zero-order chi connectivity index (χ0) is 70.9. The third-order valence-corrected chi connectivity index (χ3v) is 24.6. The Hall–Kier alpha value is -1.44. The highest BCUT2D eigenvalue weighted by atomic mass is 16.8. The van der Waals surface area contributed by atoms with Gasteiger partial charge in [-0.2, -0.15) is 0 Å². The average Bonchev–Trinajstić information content (AvgIpc) is 1.17. The second kappa shape index (κ2) is 29.4. The molecule has 0 aromatic rings. The Bertz CT molecular complexity index is 2640. The van der Waals surface area contributed by atoms with Crippen molar-refractivity contribution in [1.82, 2.24) is 0 Å². The minimum Gasteiger partial charge on any atom is -0.394 e.